The fourth-order valence-electron chi connectivity index (χ4n) is 3.07. The maximum Gasteiger partial charge on any atom is 0.196 e. The van der Waals surface area contributed by atoms with Crippen LogP contribution in [0, 0.1) is 6.57 Å². The van der Waals surface area contributed by atoms with Gasteiger partial charge in [-0.05, 0) is 18.1 Å². The summed E-state index contributed by atoms with van der Waals surface area (Å²) in [5.41, 5.74) is 3.74. The van der Waals surface area contributed by atoms with E-state index in [9.17, 15) is 0 Å². The summed E-state index contributed by atoms with van der Waals surface area (Å²) in [7, 11) is 1.98. The van der Waals surface area contributed by atoms with Crippen molar-refractivity contribution in [2.75, 3.05) is 11.9 Å². The lowest BCUT2D eigenvalue weighted by Gasteiger charge is -2.33. The van der Waals surface area contributed by atoms with Gasteiger partial charge >= 0.3 is 0 Å². The Morgan fingerprint density at radius 2 is 2.14 bits per heavy atom. The van der Waals surface area contributed by atoms with E-state index in [1.807, 2.05) is 36.2 Å². The van der Waals surface area contributed by atoms with E-state index in [0.29, 0.717) is 5.02 Å². The van der Waals surface area contributed by atoms with Crippen LogP contribution in [0.2, 0.25) is 5.02 Å². The average Bonchev–Trinajstić information content (AvgIpc) is 3.00. The molecule has 1 aliphatic heterocycles. The zero-order valence-corrected chi connectivity index (χ0v) is 13.4. The first-order valence-corrected chi connectivity index (χ1v) is 7.68. The van der Waals surface area contributed by atoms with Gasteiger partial charge in [0, 0.05) is 23.3 Å². The molecule has 22 heavy (non-hydrogen) atoms. The van der Waals surface area contributed by atoms with Crippen LogP contribution in [0.15, 0.2) is 41.9 Å². The summed E-state index contributed by atoms with van der Waals surface area (Å²) < 4.78 is 0. The van der Waals surface area contributed by atoms with E-state index in [1.165, 1.54) is 0 Å². The van der Waals surface area contributed by atoms with Gasteiger partial charge in [-0.15, -0.1) is 0 Å². The number of aromatic amines is 1. The molecule has 1 aliphatic rings. The fourth-order valence-corrected chi connectivity index (χ4v) is 3.32. The van der Waals surface area contributed by atoms with Crippen LogP contribution in [0.5, 0.6) is 0 Å². The second-order valence-corrected chi connectivity index (χ2v) is 5.79. The number of aromatic nitrogens is 2. The van der Waals surface area contributed by atoms with Gasteiger partial charge in [0.1, 0.15) is 5.82 Å². The number of anilines is 1. The molecule has 0 spiro atoms. The lowest BCUT2D eigenvalue weighted by atomic mass is 9.85. The second kappa shape index (κ2) is 5.86. The Kier molecular flexibility index (Phi) is 3.91. The number of hydrogen-bond donors (Lipinski definition) is 1. The zero-order valence-electron chi connectivity index (χ0n) is 12.6. The molecule has 1 atom stereocenters. The third-order valence-corrected chi connectivity index (χ3v) is 4.44. The number of allylic oxidation sites excluding steroid dienone is 2. The minimum atomic E-state index is -0.155. The van der Waals surface area contributed by atoms with E-state index >= 15 is 0 Å². The van der Waals surface area contributed by atoms with Crippen molar-refractivity contribution >= 4 is 17.4 Å². The lowest BCUT2D eigenvalue weighted by Crippen LogP contribution is -2.26. The molecule has 2 heterocycles. The number of H-pyrrole nitrogens is 1. The number of fused-ring (bicyclic) bond motifs is 1. The third kappa shape index (κ3) is 2.18. The van der Waals surface area contributed by atoms with Gasteiger partial charge in [-0.3, -0.25) is 5.10 Å². The van der Waals surface area contributed by atoms with E-state index < -0.39 is 0 Å². The Morgan fingerprint density at radius 3 is 2.82 bits per heavy atom. The van der Waals surface area contributed by atoms with Gasteiger partial charge in [0.2, 0.25) is 0 Å². The van der Waals surface area contributed by atoms with Crippen LogP contribution in [-0.2, 0) is 0 Å². The normalized spacial score (nSPS) is 17.4. The second-order valence-electron chi connectivity index (χ2n) is 5.38. The van der Waals surface area contributed by atoms with Gasteiger partial charge in [0.05, 0.1) is 18.7 Å². The summed E-state index contributed by atoms with van der Waals surface area (Å²) in [6.07, 6.45) is 3.64. The Balaban J connectivity index is 2.25. The summed E-state index contributed by atoms with van der Waals surface area (Å²) in [5, 5.41) is 7.92. The average molecular weight is 313 g/mol. The third-order valence-electron chi connectivity index (χ3n) is 4.09. The predicted molar refractivity (Wildman–Crippen MR) is 88.8 cm³/mol. The summed E-state index contributed by atoms with van der Waals surface area (Å²) in [4.78, 5) is 5.91. The number of nitrogens with zero attached hydrogens (tertiary/aromatic N) is 3. The molecule has 0 radical (unpaired) electrons. The maximum atomic E-state index is 7.71. The molecule has 0 fully saturated rings. The topological polar surface area (TPSA) is 36.3 Å². The van der Waals surface area contributed by atoms with E-state index in [1.54, 1.807) is 6.20 Å². The number of rotatable bonds is 3. The van der Waals surface area contributed by atoms with Crippen molar-refractivity contribution in [1.29, 1.82) is 0 Å². The summed E-state index contributed by atoms with van der Waals surface area (Å²) in [6, 6.07) is 7.73. The lowest BCUT2D eigenvalue weighted by molar-refractivity contribution is 0.788. The molecule has 1 unspecified atom stereocenters. The molecule has 1 N–H and O–H groups in total. The number of benzene rings is 1. The fraction of sp³-hybridized carbons (Fsp3) is 0.294. The number of hydrogen-bond acceptors (Lipinski definition) is 2. The van der Waals surface area contributed by atoms with E-state index in [0.717, 1.165) is 41.2 Å². The van der Waals surface area contributed by atoms with Crippen LogP contribution in [0.25, 0.3) is 4.85 Å². The van der Waals surface area contributed by atoms with E-state index in [-0.39, 0.29) is 5.92 Å². The van der Waals surface area contributed by atoms with Crippen LogP contribution in [0.4, 0.5) is 5.82 Å². The van der Waals surface area contributed by atoms with Crippen LogP contribution in [0.3, 0.4) is 0 Å². The highest BCUT2D eigenvalue weighted by molar-refractivity contribution is 6.31. The SMILES string of the molecule is [C-]#[N+]C1=C(CCC)N(C)c2[nH]ncc2C1c1ccccc1Cl. The first-order chi connectivity index (χ1) is 10.7. The maximum absolute atomic E-state index is 7.71. The monoisotopic (exact) mass is 312 g/mol. The van der Waals surface area contributed by atoms with E-state index in [4.69, 9.17) is 18.2 Å². The molecular weight excluding hydrogens is 296 g/mol. The smallest absolute Gasteiger partial charge is 0.196 e. The summed E-state index contributed by atoms with van der Waals surface area (Å²) >= 11 is 6.40. The van der Waals surface area contributed by atoms with Crippen LogP contribution >= 0.6 is 11.6 Å². The highest BCUT2D eigenvalue weighted by Gasteiger charge is 2.34. The van der Waals surface area contributed by atoms with Gasteiger partial charge in [-0.1, -0.05) is 43.1 Å². The molecule has 1 aromatic carbocycles. The summed E-state index contributed by atoms with van der Waals surface area (Å²) in [5.74, 6) is 0.790. The quantitative estimate of drug-likeness (QED) is 0.842. The molecule has 5 heteroatoms. The van der Waals surface area contributed by atoms with Crippen molar-refractivity contribution in [3.63, 3.8) is 0 Å². The first-order valence-electron chi connectivity index (χ1n) is 7.31. The molecule has 4 nitrogen and oxygen atoms in total. The van der Waals surface area contributed by atoms with Crippen LogP contribution < -0.4 is 4.90 Å². The van der Waals surface area contributed by atoms with Gasteiger partial charge in [-0.2, -0.15) is 5.10 Å². The molecule has 0 saturated carbocycles. The molecule has 1 aromatic heterocycles. The molecule has 3 rings (SSSR count). The van der Waals surface area contributed by atoms with Crippen molar-refractivity contribution in [3.8, 4) is 0 Å². The van der Waals surface area contributed by atoms with Crippen molar-refractivity contribution in [3.05, 3.63) is 69.4 Å². The van der Waals surface area contributed by atoms with Crippen LogP contribution in [0.1, 0.15) is 36.8 Å². The largest absolute Gasteiger partial charge is 0.343 e. The van der Waals surface area contributed by atoms with Gasteiger partial charge in [0.25, 0.3) is 0 Å². The minimum absolute atomic E-state index is 0.155. The Labute approximate surface area is 135 Å². The molecule has 0 amide bonds. The molecule has 0 aliphatic carbocycles. The minimum Gasteiger partial charge on any atom is -0.343 e. The Bertz CT molecular complexity index is 769. The molecular formula is C17H17ClN4. The van der Waals surface area contributed by atoms with Gasteiger partial charge in [-0.25, -0.2) is 4.85 Å². The number of nitrogens with one attached hydrogen (secondary N) is 1. The Hall–Kier alpha value is -2.25. The van der Waals surface area contributed by atoms with Gasteiger partial charge in [0.15, 0.2) is 5.70 Å². The molecule has 112 valence electrons. The van der Waals surface area contributed by atoms with Gasteiger partial charge < -0.3 is 4.90 Å². The van der Waals surface area contributed by atoms with E-state index in [2.05, 4.69) is 22.0 Å². The van der Waals surface area contributed by atoms with Crippen molar-refractivity contribution in [1.82, 2.24) is 10.2 Å². The molecule has 2 aromatic rings. The Morgan fingerprint density at radius 1 is 1.36 bits per heavy atom. The zero-order chi connectivity index (χ0) is 15.7. The predicted octanol–water partition coefficient (Wildman–Crippen LogP) is 4.58. The highest BCUT2D eigenvalue weighted by atomic mass is 35.5. The molecule has 0 bridgehead atoms. The van der Waals surface area contributed by atoms with Crippen molar-refractivity contribution < 1.29 is 0 Å². The van der Waals surface area contributed by atoms with Crippen molar-refractivity contribution in [2.45, 2.75) is 25.7 Å². The van der Waals surface area contributed by atoms with Crippen LogP contribution in [-0.4, -0.2) is 17.2 Å². The van der Waals surface area contributed by atoms with Crippen molar-refractivity contribution in [2.24, 2.45) is 0 Å². The first kappa shape index (κ1) is 14.7. The standard InChI is InChI=1S/C17H17ClN4/c1-4-7-14-16(19-2)15(11-8-5-6-9-13(11)18)12-10-20-21-17(12)22(14)3/h5-6,8-10,15H,4,7H2,1,3H3,(H,20,21). The molecule has 0 saturated heterocycles. The highest BCUT2D eigenvalue weighted by Crippen LogP contribution is 2.46. The number of halogens is 1. The summed E-state index contributed by atoms with van der Waals surface area (Å²) in [6.45, 7) is 9.83.